The molecule has 3 aliphatic heterocycles. The molecule has 0 radical (unpaired) electrons. The lowest BCUT2D eigenvalue weighted by molar-refractivity contribution is -0.172. The van der Waals surface area contributed by atoms with E-state index >= 15 is 0 Å². The number of nitrogens with zero attached hydrogens (tertiary/aromatic N) is 5. The molecule has 60 heavy (non-hydrogen) atoms. The number of carbonyl (C=O) groups is 4. The van der Waals surface area contributed by atoms with Crippen LogP contribution in [-0.2, 0) is 43.0 Å². The lowest BCUT2D eigenvalue weighted by Gasteiger charge is -2.38. The van der Waals surface area contributed by atoms with Gasteiger partial charge >= 0.3 is 11.9 Å². The van der Waals surface area contributed by atoms with E-state index in [2.05, 4.69) is 30.6 Å². The molecule has 0 amide bonds. The second kappa shape index (κ2) is 22.4. The summed E-state index contributed by atoms with van der Waals surface area (Å²) in [6.07, 6.45) is 3.11. The molecule has 2 aromatic heterocycles. The highest BCUT2D eigenvalue weighted by Crippen LogP contribution is 2.45. The maximum Gasteiger partial charge on any atom is 0.317 e. The third-order valence-electron chi connectivity index (χ3n) is 11.6. The van der Waals surface area contributed by atoms with Crippen molar-refractivity contribution in [1.29, 1.82) is 0 Å². The molecule has 9 unspecified atom stereocenters. The van der Waals surface area contributed by atoms with E-state index in [0.29, 0.717) is 34.6 Å². The number of ketones is 2. The topological polar surface area (TPSA) is 201 Å². The lowest BCUT2D eigenvalue weighted by Crippen LogP contribution is -2.49. The summed E-state index contributed by atoms with van der Waals surface area (Å²) in [5, 5.41) is 18.9. The SMILES string of the molecule is CC.CC1CC(N(C)C)CC(O)O1.CN=C(NOC(C)c1nnc(-c2ccccn2)s1)C1C(=O)O[C@]2(C)COC(=O)C(C)C(=O)C(C)C[C@](C)(OC)C[C@@H](C)C(=O)C(C)C12. The Balaban J connectivity index is 0.000000634. The monoisotopic (exact) mass is 860 g/mol. The molecule has 3 aliphatic rings. The van der Waals surface area contributed by atoms with Crippen LogP contribution in [0.4, 0.5) is 0 Å². The van der Waals surface area contributed by atoms with E-state index in [1.807, 2.05) is 66.9 Å². The molecule has 2 N–H and O–H groups in total. The fourth-order valence-corrected chi connectivity index (χ4v) is 9.09. The maximum atomic E-state index is 14.1. The van der Waals surface area contributed by atoms with Crippen LogP contribution in [0.15, 0.2) is 29.4 Å². The standard InChI is InChI=1S/C33H45N5O8S.C8H17NO2.C2H6/c1-17-14-32(6,43-9)15-18(2)26(40)20(4)30(41)44-16-33(7)24(19(3)25(17)39)23(31(42)45-33)27(34-8)38-46-21(5)28-36-37-29(47-28)22-12-10-11-13-35-22;1-6-4-7(9(2)3)5-8(10)11-6;1-2/h10-13,17-21,23-24H,14-16H2,1-9H3,(H,34,38);6-8,10H,4-5H2,1-3H3;1-2H3/t17-,18?,19?,20?,21?,23?,24?,32-,33-;;/m1../s1. The highest BCUT2D eigenvalue weighted by molar-refractivity contribution is 7.14. The van der Waals surface area contributed by atoms with Gasteiger partial charge in [-0.15, -0.1) is 10.2 Å². The number of aromatic nitrogens is 3. The number of fused-ring (bicyclic) bond motifs is 1. The predicted molar refractivity (Wildman–Crippen MR) is 227 cm³/mol. The summed E-state index contributed by atoms with van der Waals surface area (Å²) >= 11 is 1.31. The van der Waals surface area contributed by atoms with E-state index < -0.39 is 71.0 Å². The van der Waals surface area contributed by atoms with Gasteiger partial charge in [-0.25, -0.2) is 0 Å². The van der Waals surface area contributed by atoms with Crippen molar-refractivity contribution >= 4 is 40.7 Å². The summed E-state index contributed by atoms with van der Waals surface area (Å²) in [6.45, 7) is 17.7. The molecule has 5 heterocycles. The zero-order valence-corrected chi connectivity index (χ0v) is 38.7. The normalized spacial score (nSPS) is 33.5. The van der Waals surface area contributed by atoms with Gasteiger partial charge in [-0.3, -0.25) is 39.5 Å². The molecule has 5 rings (SSSR count). The average Bonchev–Trinajstić information content (AvgIpc) is 3.82. The molecule has 12 atom stereocenters. The summed E-state index contributed by atoms with van der Waals surface area (Å²) in [5.41, 5.74) is 1.29. The van der Waals surface area contributed by atoms with Gasteiger partial charge in [0.25, 0.3) is 0 Å². The Hall–Kier alpha value is -3.74. The van der Waals surface area contributed by atoms with Crippen LogP contribution in [0.2, 0.25) is 0 Å². The number of methoxy groups -OCH3 is 1. The smallest absolute Gasteiger partial charge is 0.317 e. The number of hydroxylamine groups is 1. The second-order valence-corrected chi connectivity index (χ2v) is 17.7. The highest BCUT2D eigenvalue weighted by Gasteiger charge is 2.59. The van der Waals surface area contributed by atoms with Crippen LogP contribution >= 0.6 is 11.3 Å². The number of rotatable bonds is 7. The van der Waals surface area contributed by atoms with Gasteiger partial charge in [0.1, 0.15) is 58.3 Å². The summed E-state index contributed by atoms with van der Waals surface area (Å²) in [5.74, 6) is -6.28. The number of esters is 2. The van der Waals surface area contributed by atoms with Gasteiger partial charge in [-0.2, -0.15) is 0 Å². The Kier molecular flexibility index (Phi) is 18.9. The molecule has 2 aromatic rings. The second-order valence-electron chi connectivity index (χ2n) is 16.6. The highest BCUT2D eigenvalue weighted by atomic mass is 32.1. The Morgan fingerprint density at radius 2 is 1.65 bits per heavy atom. The fourth-order valence-electron chi connectivity index (χ4n) is 8.29. The van der Waals surface area contributed by atoms with Crippen LogP contribution in [0.25, 0.3) is 10.7 Å². The number of pyridine rings is 1. The molecule has 3 saturated heterocycles. The summed E-state index contributed by atoms with van der Waals surface area (Å²) in [6, 6.07) is 5.97. The minimum Gasteiger partial charge on any atom is -0.461 e. The molecular weight excluding hydrogens is 793 g/mol. The van der Waals surface area contributed by atoms with E-state index in [0.717, 1.165) is 12.8 Å². The van der Waals surface area contributed by atoms with Gasteiger partial charge in [-0.05, 0) is 80.1 Å². The fraction of sp³-hybridized carbons (Fsp3) is 0.721. The molecule has 3 fully saturated rings. The van der Waals surface area contributed by atoms with E-state index in [1.165, 1.54) is 25.3 Å². The number of carbonyl (C=O) groups excluding carboxylic acids is 4. The number of ether oxygens (including phenoxy) is 4. The van der Waals surface area contributed by atoms with Crippen molar-refractivity contribution in [2.24, 2.45) is 40.5 Å². The molecule has 17 heteroatoms. The van der Waals surface area contributed by atoms with Gasteiger partial charge in [0.05, 0.1) is 11.7 Å². The predicted octanol–water partition coefficient (Wildman–Crippen LogP) is 5.64. The number of hydrogen-bond acceptors (Lipinski definition) is 16. The first-order valence-electron chi connectivity index (χ1n) is 20.9. The number of amidine groups is 1. The van der Waals surface area contributed by atoms with Crippen molar-refractivity contribution in [3.05, 3.63) is 29.4 Å². The molecule has 0 saturated carbocycles. The van der Waals surface area contributed by atoms with E-state index in [-0.39, 0.29) is 30.1 Å². The van der Waals surface area contributed by atoms with Crippen molar-refractivity contribution in [2.45, 2.75) is 131 Å². The first kappa shape index (κ1) is 50.6. The van der Waals surface area contributed by atoms with Gasteiger partial charge in [0.2, 0.25) is 0 Å². The molecule has 336 valence electrons. The number of Topliss-reactive ketones (excluding diaryl/α,β-unsaturated/α-hetero) is 2. The minimum absolute atomic E-state index is 0.121. The number of hydrogen-bond donors (Lipinski definition) is 2. The van der Waals surface area contributed by atoms with Crippen LogP contribution in [0.1, 0.15) is 106 Å². The van der Waals surface area contributed by atoms with Crippen molar-refractivity contribution in [3.63, 3.8) is 0 Å². The van der Waals surface area contributed by atoms with E-state index in [9.17, 15) is 24.3 Å². The van der Waals surface area contributed by atoms with Crippen molar-refractivity contribution in [1.82, 2.24) is 25.6 Å². The summed E-state index contributed by atoms with van der Waals surface area (Å²) in [7, 11) is 7.12. The van der Waals surface area contributed by atoms with Gasteiger partial charge in [-0.1, -0.05) is 52.0 Å². The zero-order valence-electron chi connectivity index (χ0n) is 37.9. The van der Waals surface area contributed by atoms with E-state index in [1.54, 1.807) is 41.0 Å². The summed E-state index contributed by atoms with van der Waals surface area (Å²) < 4.78 is 22.6. The minimum atomic E-state index is -1.41. The number of aliphatic hydroxyl groups excluding tert-OH is 1. The van der Waals surface area contributed by atoms with Crippen LogP contribution < -0.4 is 5.48 Å². The van der Waals surface area contributed by atoms with Crippen LogP contribution in [-0.4, -0.2) is 119 Å². The quantitative estimate of drug-likeness (QED) is 0.114. The Morgan fingerprint density at radius 1 is 1.00 bits per heavy atom. The van der Waals surface area contributed by atoms with E-state index in [4.69, 9.17) is 23.8 Å². The summed E-state index contributed by atoms with van der Waals surface area (Å²) in [4.78, 5) is 70.7. The molecule has 0 spiro atoms. The number of aliphatic hydroxyl groups is 1. The number of nitrogens with one attached hydrogen (secondary N) is 1. The Labute approximate surface area is 359 Å². The molecule has 16 nitrogen and oxygen atoms in total. The molecule has 0 aromatic carbocycles. The average molecular weight is 861 g/mol. The number of aliphatic imine (C=N–C) groups is 1. The largest absolute Gasteiger partial charge is 0.461 e. The third-order valence-corrected chi connectivity index (χ3v) is 12.7. The van der Waals surface area contributed by atoms with Crippen molar-refractivity contribution in [2.75, 3.05) is 34.9 Å². The van der Waals surface area contributed by atoms with Gasteiger partial charge in [0, 0.05) is 56.5 Å². The van der Waals surface area contributed by atoms with Crippen molar-refractivity contribution in [3.8, 4) is 10.7 Å². The molecule has 0 aliphatic carbocycles. The molecular formula is C43H68N6O10S. The first-order chi connectivity index (χ1) is 28.2. The Morgan fingerprint density at radius 3 is 2.22 bits per heavy atom. The van der Waals surface area contributed by atoms with Crippen LogP contribution in [0.3, 0.4) is 0 Å². The lowest BCUT2D eigenvalue weighted by atomic mass is 9.69. The van der Waals surface area contributed by atoms with Gasteiger partial charge in [0.15, 0.2) is 11.3 Å². The van der Waals surface area contributed by atoms with Gasteiger partial charge < -0.3 is 29.0 Å². The third kappa shape index (κ3) is 12.7. The number of cyclic esters (lactones) is 1. The molecule has 0 bridgehead atoms. The first-order valence-corrected chi connectivity index (χ1v) is 21.7. The maximum absolute atomic E-state index is 14.1. The Bertz CT molecular complexity index is 1750. The van der Waals surface area contributed by atoms with Crippen LogP contribution in [0, 0.1) is 35.5 Å². The zero-order chi connectivity index (χ0) is 45.1. The van der Waals surface area contributed by atoms with Crippen molar-refractivity contribution < 1.29 is 48.1 Å². The van der Waals surface area contributed by atoms with Crippen LogP contribution in [0.5, 0.6) is 0 Å².